The van der Waals surface area contributed by atoms with Crippen LogP contribution in [0.2, 0.25) is 0 Å². The molecule has 2 aromatic carbocycles. The van der Waals surface area contributed by atoms with Crippen LogP contribution in [0.25, 0.3) is 0 Å². The molecular formula is C22H26N2O3S. The molecule has 3 rings (SSSR count). The smallest absolute Gasteiger partial charge is 0.238 e. The van der Waals surface area contributed by atoms with Crippen LogP contribution in [0.5, 0.6) is 5.75 Å². The van der Waals surface area contributed by atoms with Crippen LogP contribution in [0.15, 0.2) is 48.5 Å². The number of anilines is 2. The Morgan fingerprint density at radius 1 is 1.25 bits per heavy atom. The van der Waals surface area contributed by atoms with Gasteiger partial charge >= 0.3 is 0 Å². The number of nitrogens with zero attached hydrogens (tertiary/aromatic N) is 1. The number of hydrogen-bond donors (Lipinski definition) is 1. The maximum Gasteiger partial charge on any atom is 0.238 e. The van der Waals surface area contributed by atoms with Crippen molar-refractivity contribution in [3.8, 4) is 5.75 Å². The van der Waals surface area contributed by atoms with Gasteiger partial charge in [-0.2, -0.15) is 0 Å². The molecule has 1 saturated heterocycles. The van der Waals surface area contributed by atoms with Gasteiger partial charge in [0.05, 0.1) is 12.4 Å². The van der Waals surface area contributed by atoms with E-state index in [9.17, 15) is 9.59 Å². The van der Waals surface area contributed by atoms with E-state index >= 15 is 0 Å². The zero-order valence-electron chi connectivity index (χ0n) is 16.5. The molecule has 0 bridgehead atoms. The fourth-order valence-electron chi connectivity index (χ4n) is 3.17. The molecule has 0 radical (unpaired) electrons. The van der Waals surface area contributed by atoms with Gasteiger partial charge in [-0.25, -0.2) is 0 Å². The summed E-state index contributed by atoms with van der Waals surface area (Å²) in [7, 11) is 0. The van der Waals surface area contributed by atoms with Crippen LogP contribution in [0.4, 0.5) is 11.4 Å². The summed E-state index contributed by atoms with van der Waals surface area (Å²) < 4.78 is 5.49. The summed E-state index contributed by atoms with van der Waals surface area (Å²) >= 11 is 1.59. The summed E-state index contributed by atoms with van der Waals surface area (Å²) in [5.41, 5.74) is 2.60. The summed E-state index contributed by atoms with van der Waals surface area (Å²) in [6.07, 6.45) is 0.485. The summed E-state index contributed by atoms with van der Waals surface area (Å²) in [6.45, 7) is 6.59. The lowest BCUT2D eigenvalue weighted by Crippen LogP contribution is -2.27. The molecule has 148 valence electrons. The molecule has 0 saturated carbocycles. The van der Waals surface area contributed by atoms with Crippen molar-refractivity contribution in [1.82, 2.24) is 0 Å². The van der Waals surface area contributed by atoms with E-state index in [0.717, 1.165) is 22.7 Å². The third kappa shape index (κ3) is 4.87. The molecule has 1 atom stereocenters. The lowest BCUT2D eigenvalue weighted by molar-refractivity contribution is -0.117. The average Bonchev–Trinajstić information content (AvgIpc) is 3.04. The van der Waals surface area contributed by atoms with Gasteiger partial charge in [0.2, 0.25) is 11.8 Å². The van der Waals surface area contributed by atoms with Crippen molar-refractivity contribution in [3.05, 3.63) is 54.1 Å². The Morgan fingerprint density at radius 2 is 2.00 bits per heavy atom. The Hall–Kier alpha value is -2.47. The van der Waals surface area contributed by atoms with E-state index in [1.165, 1.54) is 0 Å². The molecule has 1 fully saturated rings. The van der Waals surface area contributed by atoms with Crippen LogP contribution < -0.4 is 15.0 Å². The van der Waals surface area contributed by atoms with Crippen molar-refractivity contribution in [2.45, 2.75) is 32.6 Å². The van der Waals surface area contributed by atoms with E-state index in [2.05, 4.69) is 5.32 Å². The highest BCUT2D eigenvalue weighted by molar-refractivity contribution is 8.00. The minimum Gasteiger partial charge on any atom is -0.494 e. The number of rotatable bonds is 7. The number of benzene rings is 2. The van der Waals surface area contributed by atoms with Crippen LogP contribution in [0, 0.1) is 5.92 Å². The highest BCUT2D eigenvalue weighted by Crippen LogP contribution is 2.42. The Bertz CT molecular complexity index is 836. The number of carbonyl (C=O) groups is 2. The summed E-state index contributed by atoms with van der Waals surface area (Å²) in [4.78, 5) is 26.5. The number of amides is 2. The highest BCUT2D eigenvalue weighted by atomic mass is 32.2. The monoisotopic (exact) mass is 398 g/mol. The fraction of sp³-hybridized carbons (Fsp3) is 0.364. The van der Waals surface area contributed by atoms with Gasteiger partial charge in [-0.05, 0) is 54.8 Å². The molecule has 1 unspecified atom stereocenters. The van der Waals surface area contributed by atoms with Gasteiger partial charge in [0, 0.05) is 17.8 Å². The van der Waals surface area contributed by atoms with E-state index in [1.807, 2.05) is 74.2 Å². The first-order valence-corrected chi connectivity index (χ1v) is 10.6. The first kappa shape index (κ1) is 20.3. The van der Waals surface area contributed by atoms with E-state index in [4.69, 9.17) is 4.74 Å². The maximum atomic E-state index is 12.6. The Balaban J connectivity index is 1.80. The second-order valence-electron chi connectivity index (χ2n) is 7.13. The molecule has 1 aliphatic heterocycles. The molecule has 2 aromatic rings. The Labute approximate surface area is 170 Å². The molecule has 1 heterocycles. The molecule has 5 nitrogen and oxygen atoms in total. The van der Waals surface area contributed by atoms with Crippen LogP contribution in [-0.4, -0.2) is 24.2 Å². The van der Waals surface area contributed by atoms with E-state index in [0.29, 0.717) is 24.7 Å². The van der Waals surface area contributed by atoms with Gasteiger partial charge < -0.3 is 10.1 Å². The second-order valence-corrected chi connectivity index (χ2v) is 8.19. The van der Waals surface area contributed by atoms with Crippen LogP contribution in [-0.2, 0) is 9.59 Å². The van der Waals surface area contributed by atoms with E-state index < -0.39 is 0 Å². The minimum atomic E-state index is -0.118. The Kier molecular flexibility index (Phi) is 6.62. The zero-order valence-corrected chi connectivity index (χ0v) is 17.3. The quantitative estimate of drug-likeness (QED) is 0.724. The molecule has 1 aliphatic rings. The van der Waals surface area contributed by atoms with Gasteiger partial charge in [0.15, 0.2) is 0 Å². The molecular weight excluding hydrogens is 372 g/mol. The van der Waals surface area contributed by atoms with Gasteiger partial charge in [-0.1, -0.05) is 26.0 Å². The summed E-state index contributed by atoms with van der Waals surface area (Å²) in [6, 6.07) is 15.3. The van der Waals surface area contributed by atoms with Crippen LogP contribution >= 0.6 is 11.8 Å². The summed E-state index contributed by atoms with van der Waals surface area (Å²) in [5.74, 6) is 1.61. The average molecular weight is 399 g/mol. The second kappa shape index (κ2) is 9.15. The molecule has 1 N–H and O–H groups in total. The Morgan fingerprint density at radius 3 is 2.68 bits per heavy atom. The number of ether oxygens (including phenoxy) is 1. The standard InChI is InChI=1S/C22H26N2O3S/c1-4-27-19-10-8-18(9-11-19)24-21(26)14-28-22(24)16-6-5-7-17(13-16)23-20(25)12-15(2)3/h5-11,13,15,22H,4,12,14H2,1-3H3,(H,23,25). The SMILES string of the molecule is CCOc1ccc(N2C(=O)CSC2c2cccc(NC(=O)CC(C)C)c2)cc1. The lowest BCUT2D eigenvalue weighted by Gasteiger charge is -2.25. The number of hydrogen-bond acceptors (Lipinski definition) is 4. The topological polar surface area (TPSA) is 58.6 Å². The summed E-state index contributed by atoms with van der Waals surface area (Å²) in [5, 5.41) is 2.84. The maximum absolute atomic E-state index is 12.6. The zero-order chi connectivity index (χ0) is 20.1. The van der Waals surface area contributed by atoms with Gasteiger partial charge in [-0.15, -0.1) is 11.8 Å². The predicted molar refractivity (Wildman–Crippen MR) is 115 cm³/mol. The fourth-order valence-corrected chi connectivity index (χ4v) is 4.34. The third-order valence-corrected chi connectivity index (χ3v) is 5.56. The van der Waals surface area contributed by atoms with E-state index in [1.54, 1.807) is 11.8 Å². The molecule has 6 heteroatoms. The largest absolute Gasteiger partial charge is 0.494 e. The van der Waals surface area contributed by atoms with Gasteiger partial charge in [-0.3, -0.25) is 14.5 Å². The molecule has 0 aromatic heterocycles. The lowest BCUT2D eigenvalue weighted by atomic mass is 10.1. The number of carbonyl (C=O) groups excluding carboxylic acids is 2. The van der Waals surface area contributed by atoms with E-state index in [-0.39, 0.29) is 17.2 Å². The minimum absolute atomic E-state index is 0.00525. The molecule has 28 heavy (non-hydrogen) atoms. The van der Waals surface area contributed by atoms with Crippen molar-refractivity contribution in [3.63, 3.8) is 0 Å². The first-order chi connectivity index (χ1) is 13.5. The van der Waals surface area contributed by atoms with Crippen molar-refractivity contribution in [2.75, 3.05) is 22.6 Å². The normalized spacial score (nSPS) is 16.5. The van der Waals surface area contributed by atoms with Gasteiger partial charge in [0.1, 0.15) is 11.1 Å². The van der Waals surface area contributed by atoms with Crippen molar-refractivity contribution < 1.29 is 14.3 Å². The number of thioether (sulfide) groups is 1. The molecule has 0 aliphatic carbocycles. The predicted octanol–water partition coefficient (Wildman–Crippen LogP) is 4.85. The van der Waals surface area contributed by atoms with Gasteiger partial charge in [0.25, 0.3) is 0 Å². The van der Waals surface area contributed by atoms with Crippen molar-refractivity contribution >= 4 is 35.0 Å². The van der Waals surface area contributed by atoms with Crippen LogP contribution in [0.3, 0.4) is 0 Å². The van der Waals surface area contributed by atoms with Crippen LogP contribution in [0.1, 0.15) is 38.1 Å². The number of nitrogens with one attached hydrogen (secondary N) is 1. The van der Waals surface area contributed by atoms with Crippen molar-refractivity contribution in [1.29, 1.82) is 0 Å². The molecule has 0 spiro atoms. The first-order valence-electron chi connectivity index (χ1n) is 9.54. The molecule has 2 amide bonds. The third-order valence-electron chi connectivity index (χ3n) is 4.34. The van der Waals surface area contributed by atoms with Crippen molar-refractivity contribution in [2.24, 2.45) is 5.92 Å². The highest BCUT2D eigenvalue weighted by Gasteiger charge is 2.34.